The number of amides is 1. The third-order valence-corrected chi connectivity index (χ3v) is 5.35. The number of anilines is 3. The molecule has 5 heteroatoms. The molecule has 0 bridgehead atoms. The third kappa shape index (κ3) is 4.24. The van der Waals surface area contributed by atoms with Crippen molar-refractivity contribution in [1.29, 1.82) is 0 Å². The lowest BCUT2D eigenvalue weighted by Gasteiger charge is -2.36. The molecule has 1 fully saturated rings. The van der Waals surface area contributed by atoms with Crippen LogP contribution in [0.5, 0.6) is 0 Å². The van der Waals surface area contributed by atoms with Crippen LogP contribution in [0.2, 0.25) is 0 Å². The van der Waals surface area contributed by atoms with Gasteiger partial charge in [0, 0.05) is 50.3 Å². The molecule has 0 aliphatic carbocycles. The summed E-state index contributed by atoms with van der Waals surface area (Å²) in [5.41, 5.74) is 2.78. The van der Waals surface area contributed by atoms with Crippen LogP contribution < -0.4 is 14.7 Å². The number of pyridine rings is 1. The summed E-state index contributed by atoms with van der Waals surface area (Å²) in [6, 6.07) is 24.1. The first-order valence-electron chi connectivity index (χ1n) is 10.1. The molecular formula is C24H26N4O. The number of rotatable bonds is 5. The highest BCUT2D eigenvalue weighted by Crippen LogP contribution is 2.21. The van der Waals surface area contributed by atoms with Gasteiger partial charge in [-0.3, -0.25) is 4.79 Å². The van der Waals surface area contributed by atoms with Crippen molar-refractivity contribution < 1.29 is 4.79 Å². The predicted molar refractivity (Wildman–Crippen MR) is 119 cm³/mol. The molecule has 0 atom stereocenters. The van der Waals surface area contributed by atoms with Crippen LogP contribution in [0.4, 0.5) is 17.2 Å². The van der Waals surface area contributed by atoms with Gasteiger partial charge >= 0.3 is 0 Å². The quantitative estimate of drug-likeness (QED) is 0.663. The second-order valence-electron chi connectivity index (χ2n) is 7.10. The van der Waals surface area contributed by atoms with Gasteiger partial charge in [0.25, 0.3) is 5.91 Å². The van der Waals surface area contributed by atoms with Crippen LogP contribution in [0.1, 0.15) is 17.3 Å². The van der Waals surface area contributed by atoms with Crippen molar-refractivity contribution >= 4 is 23.1 Å². The minimum absolute atomic E-state index is 0.0216. The van der Waals surface area contributed by atoms with Gasteiger partial charge in [0.2, 0.25) is 0 Å². The Morgan fingerprint density at radius 1 is 0.862 bits per heavy atom. The van der Waals surface area contributed by atoms with E-state index in [0.717, 1.165) is 37.7 Å². The molecule has 0 radical (unpaired) electrons. The molecule has 0 saturated carbocycles. The predicted octanol–water partition coefficient (Wildman–Crippen LogP) is 4.07. The number of hydrogen-bond acceptors (Lipinski definition) is 4. The Morgan fingerprint density at radius 2 is 1.48 bits per heavy atom. The molecular weight excluding hydrogens is 360 g/mol. The van der Waals surface area contributed by atoms with E-state index in [9.17, 15) is 4.79 Å². The van der Waals surface area contributed by atoms with Crippen LogP contribution in [0, 0.1) is 0 Å². The molecule has 1 aromatic heterocycles. The highest BCUT2D eigenvalue weighted by Gasteiger charge is 2.20. The minimum atomic E-state index is -0.0216. The standard InChI is InChI=1S/C24H26N4O/c1-2-28(22-11-7-4-8-12-22)24(29)20-13-14-23(25-19-20)27-17-15-26(16-18-27)21-9-5-3-6-10-21/h3-14,19H,2,15-18H2,1H3. The van der Waals surface area contributed by atoms with E-state index in [0.29, 0.717) is 12.1 Å². The van der Waals surface area contributed by atoms with Crippen LogP contribution in [-0.4, -0.2) is 43.6 Å². The van der Waals surface area contributed by atoms with E-state index in [2.05, 4.69) is 39.0 Å². The molecule has 148 valence electrons. The summed E-state index contributed by atoms with van der Waals surface area (Å²) in [5.74, 6) is 0.906. The third-order valence-electron chi connectivity index (χ3n) is 5.35. The van der Waals surface area contributed by atoms with Gasteiger partial charge in [0.15, 0.2) is 0 Å². The van der Waals surface area contributed by atoms with Crippen LogP contribution in [-0.2, 0) is 0 Å². The van der Waals surface area contributed by atoms with Crippen molar-refractivity contribution in [2.24, 2.45) is 0 Å². The Morgan fingerprint density at radius 3 is 2.07 bits per heavy atom. The molecule has 5 nitrogen and oxygen atoms in total. The lowest BCUT2D eigenvalue weighted by atomic mass is 10.2. The summed E-state index contributed by atoms with van der Waals surface area (Å²) in [6.45, 7) is 6.36. The van der Waals surface area contributed by atoms with E-state index in [4.69, 9.17) is 0 Å². The Bertz CT molecular complexity index is 920. The Hall–Kier alpha value is -3.34. The maximum absolute atomic E-state index is 12.9. The van der Waals surface area contributed by atoms with Gasteiger partial charge in [-0.05, 0) is 43.3 Å². The lowest BCUT2D eigenvalue weighted by molar-refractivity contribution is 0.0988. The van der Waals surface area contributed by atoms with Gasteiger partial charge in [0.1, 0.15) is 5.82 Å². The van der Waals surface area contributed by atoms with E-state index >= 15 is 0 Å². The molecule has 2 aromatic carbocycles. The number of para-hydroxylation sites is 2. The first-order chi connectivity index (χ1) is 14.3. The molecule has 0 spiro atoms. The van der Waals surface area contributed by atoms with Gasteiger partial charge in [0.05, 0.1) is 5.56 Å². The highest BCUT2D eigenvalue weighted by molar-refractivity contribution is 6.05. The first-order valence-corrected chi connectivity index (χ1v) is 10.1. The van der Waals surface area contributed by atoms with Gasteiger partial charge in [-0.25, -0.2) is 4.98 Å². The van der Waals surface area contributed by atoms with Crippen molar-refractivity contribution in [1.82, 2.24) is 4.98 Å². The topological polar surface area (TPSA) is 39.7 Å². The summed E-state index contributed by atoms with van der Waals surface area (Å²) in [6.07, 6.45) is 1.70. The average molecular weight is 386 g/mol. The maximum Gasteiger partial charge on any atom is 0.259 e. The Labute approximate surface area is 172 Å². The maximum atomic E-state index is 12.9. The molecule has 1 aliphatic heterocycles. The molecule has 1 aliphatic rings. The van der Waals surface area contributed by atoms with Crippen LogP contribution >= 0.6 is 0 Å². The zero-order chi connectivity index (χ0) is 20.1. The summed E-state index contributed by atoms with van der Waals surface area (Å²) in [4.78, 5) is 24.0. The van der Waals surface area contributed by atoms with Gasteiger partial charge < -0.3 is 14.7 Å². The van der Waals surface area contributed by atoms with Gasteiger partial charge in [-0.2, -0.15) is 0 Å². The summed E-state index contributed by atoms with van der Waals surface area (Å²) in [7, 11) is 0. The van der Waals surface area contributed by atoms with Crippen molar-refractivity contribution in [3.8, 4) is 0 Å². The van der Waals surface area contributed by atoms with Gasteiger partial charge in [-0.15, -0.1) is 0 Å². The first kappa shape index (κ1) is 19.0. The molecule has 1 amide bonds. The van der Waals surface area contributed by atoms with E-state index in [-0.39, 0.29) is 5.91 Å². The zero-order valence-electron chi connectivity index (χ0n) is 16.7. The largest absolute Gasteiger partial charge is 0.368 e. The zero-order valence-corrected chi connectivity index (χ0v) is 16.7. The number of hydrogen-bond donors (Lipinski definition) is 0. The van der Waals surface area contributed by atoms with Crippen molar-refractivity contribution in [3.05, 3.63) is 84.6 Å². The van der Waals surface area contributed by atoms with Crippen LogP contribution in [0.25, 0.3) is 0 Å². The Balaban J connectivity index is 1.41. The fraction of sp³-hybridized carbons (Fsp3) is 0.250. The fourth-order valence-electron chi connectivity index (χ4n) is 3.74. The average Bonchev–Trinajstić information content (AvgIpc) is 2.81. The second-order valence-corrected chi connectivity index (χ2v) is 7.10. The molecule has 1 saturated heterocycles. The number of carbonyl (C=O) groups excluding carboxylic acids is 1. The summed E-state index contributed by atoms with van der Waals surface area (Å²) in [5, 5.41) is 0. The lowest BCUT2D eigenvalue weighted by Crippen LogP contribution is -2.46. The van der Waals surface area contributed by atoms with Crippen molar-refractivity contribution in [2.75, 3.05) is 47.4 Å². The molecule has 0 unspecified atom stereocenters. The van der Waals surface area contributed by atoms with Crippen molar-refractivity contribution in [2.45, 2.75) is 6.92 Å². The van der Waals surface area contributed by atoms with Crippen molar-refractivity contribution in [3.63, 3.8) is 0 Å². The van der Waals surface area contributed by atoms with E-state index < -0.39 is 0 Å². The molecule has 2 heterocycles. The molecule has 29 heavy (non-hydrogen) atoms. The number of aromatic nitrogens is 1. The number of carbonyl (C=O) groups is 1. The highest BCUT2D eigenvalue weighted by atomic mass is 16.2. The van der Waals surface area contributed by atoms with E-state index in [1.165, 1.54) is 5.69 Å². The second kappa shape index (κ2) is 8.78. The molecule has 4 rings (SSSR count). The Kier molecular flexibility index (Phi) is 5.75. The smallest absolute Gasteiger partial charge is 0.259 e. The summed E-state index contributed by atoms with van der Waals surface area (Å²) < 4.78 is 0. The minimum Gasteiger partial charge on any atom is -0.368 e. The number of piperazine rings is 1. The summed E-state index contributed by atoms with van der Waals surface area (Å²) >= 11 is 0. The van der Waals surface area contributed by atoms with Gasteiger partial charge in [-0.1, -0.05) is 36.4 Å². The van der Waals surface area contributed by atoms with E-state index in [1.807, 2.05) is 55.5 Å². The SMILES string of the molecule is CCN(C(=O)c1ccc(N2CCN(c3ccccc3)CC2)nc1)c1ccccc1. The normalized spacial score (nSPS) is 14.0. The number of nitrogens with zero attached hydrogens (tertiary/aromatic N) is 4. The van der Waals surface area contributed by atoms with E-state index in [1.54, 1.807) is 11.1 Å². The monoisotopic (exact) mass is 386 g/mol. The fourth-order valence-corrected chi connectivity index (χ4v) is 3.74. The van der Waals surface area contributed by atoms with Crippen LogP contribution in [0.3, 0.4) is 0 Å². The number of benzene rings is 2. The molecule has 3 aromatic rings. The molecule has 0 N–H and O–H groups in total. The van der Waals surface area contributed by atoms with Crippen LogP contribution in [0.15, 0.2) is 79.0 Å².